The molecule has 0 aromatic heterocycles. The summed E-state index contributed by atoms with van der Waals surface area (Å²) in [5.74, 6) is 0.137. The standard InChI is InChI=1S/C19H30BrNO/c1-3-5-6-7-8-9-10-13-16-21(4-2)19(22)17-14-11-12-15-18(17)20/h11-12,14-15H,3-10,13,16H2,1-2H3. The average Bonchev–Trinajstić information content (AvgIpc) is 2.53. The van der Waals surface area contributed by atoms with Gasteiger partial charge in [-0.2, -0.15) is 0 Å². The van der Waals surface area contributed by atoms with Crippen molar-refractivity contribution in [1.82, 2.24) is 4.90 Å². The van der Waals surface area contributed by atoms with Gasteiger partial charge in [0.1, 0.15) is 0 Å². The van der Waals surface area contributed by atoms with Crippen molar-refractivity contribution in [2.75, 3.05) is 13.1 Å². The lowest BCUT2D eigenvalue weighted by molar-refractivity contribution is 0.0760. The maximum Gasteiger partial charge on any atom is 0.254 e. The third kappa shape index (κ3) is 6.95. The SMILES string of the molecule is CCCCCCCCCCN(CC)C(=O)c1ccccc1Br. The van der Waals surface area contributed by atoms with Crippen LogP contribution in [0.3, 0.4) is 0 Å². The molecule has 3 heteroatoms. The van der Waals surface area contributed by atoms with Crippen LogP contribution in [0.5, 0.6) is 0 Å². The molecular formula is C19H30BrNO. The first-order valence-electron chi connectivity index (χ1n) is 8.74. The summed E-state index contributed by atoms with van der Waals surface area (Å²) < 4.78 is 0.884. The molecule has 1 aromatic rings. The van der Waals surface area contributed by atoms with Gasteiger partial charge in [0.2, 0.25) is 0 Å². The molecule has 0 fully saturated rings. The Bertz CT molecular complexity index is 433. The van der Waals surface area contributed by atoms with Crippen molar-refractivity contribution in [1.29, 1.82) is 0 Å². The molecule has 1 rings (SSSR count). The smallest absolute Gasteiger partial charge is 0.254 e. The first-order valence-corrected chi connectivity index (χ1v) is 9.53. The van der Waals surface area contributed by atoms with Gasteiger partial charge in [0.05, 0.1) is 5.56 Å². The summed E-state index contributed by atoms with van der Waals surface area (Å²) in [5.41, 5.74) is 0.768. The van der Waals surface area contributed by atoms with Crippen molar-refractivity contribution >= 4 is 21.8 Å². The first-order chi connectivity index (χ1) is 10.7. The zero-order valence-corrected chi connectivity index (χ0v) is 15.7. The van der Waals surface area contributed by atoms with Crippen molar-refractivity contribution in [2.24, 2.45) is 0 Å². The molecule has 0 atom stereocenters. The van der Waals surface area contributed by atoms with Crippen LogP contribution in [0.2, 0.25) is 0 Å². The lowest BCUT2D eigenvalue weighted by Gasteiger charge is -2.21. The van der Waals surface area contributed by atoms with Crippen LogP contribution >= 0.6 is 15.9 Å². The summed E-state index contributed by atoms with van der Waals surface area (Å²) in [6.07, 6.45) is 10.4. The summed E-state index contributed by atoms with van der Waals surface area (Å²) in [6, 6.07) is 7.68. The lowest BCUT2D eigenvalue weighted by atomic mass is 10.1. The fourth-order valence-electron chi connectivity index (χ4n) is 2.64. The quantitative estimate of drug-likeness (QED) is 0.435. The molecule has 0 aliphatic carbocycles. The molecule has 0 saturated heterocycles. The Hall–Kier alpha value is -0.830. The second-order valence-corrected chi connectivity index (χ2v) is 6.69. The number of unbranched alkanes of at least 4 members (excludes halogenated alkanes) is 7. The van der Waals surface area contributed by atoms with Crippen LogP contribution in [0.25, 0.3) is 0 Å². The van der Waals surface area contributed by atoms with E-state index in [1.165, 1.54) is 44.9 Å². The molecule has 0 unspecified atom stereocenters. The highest BCUT2D eigenvalue weighted by molar-refractivity contribution is 9.10. The largest absolute Gasteiger partial charge is 0.339 e. The molecule has 2 nitrogen and oxygen atoms in total. The van der Waals surface area contributed by atoms with Gasteiger partial charge >= 0.3 is 0 Å². The van der Waals surface area contributed by atoms with E-state index in [4.69, 9.17) is 0 Å². The van der Waals surface area contributed by atoms with Crippen molar-refractivity contribution in [3.8, 4) is 0 Å². The number of benzene rings is 1. The van der Waals surface area contributed by atoms with E-state index in [9.17, 15) is 4.79 Å². The second-order valence-electron chi connectivity index (χ2n) is 5.84. The summed E-state index contributed by atoms with van der Waals surface area (Å²) in [4.78, 5) is 14.5. The second kappa shape index (κ2) is 11.7. The van der Waals surface area contributed by atoms with Gasteiger partial charge in [0.15, 0.2) is 0 Å². The van der Waals surface area contributed by atoms with E-state index in [2.05, 4.69) is 29.8 Å². The van der Waals surface area contributed by atoms with E-state index < -0.39 is 0 Å². The van der Waals surface area contributed by atoms with Gasteiger partial charge in [-0.3, -0.25) is 4.79 Å². The third-order valence-corrected chi connectivity index (χ3v) is 4.75. The number of hydrogen-bond acceptors (Lipinski definition) is 1. The molecule has 1 amide bonds. The Morgan fingerprint density at radius 1 is 0.955 bits per heavy atom. The zero-order chi connectivity index (χ0) is 16.2. The predicted molar refractivity (Wildman–Crippen MR) is 98.3 cm³/mol. The summed E-state index contributed by atoms with van der Waals surface area (Å²) in [5, 5.41) is 0. The van der Waals surface area contributed by atoms with Crippen LogP contribution < -0.4 is 0 Å². The van der Waals surface area contributed by atoms with E-state index in [1.807, 2.05) is 29.2 Å². The Balaban J connectivity index is 2.28. The Morgan fingerprint density at radius 2 is 1.55 bits per heavy atom. The molecule has 0 bridgehead atoms. The number of amides is 1. The van der Waals surface area contributed by atoms with Crippen molar-refractivity contribution < 1.29 is 4.79 Å². The van der Waals surface area contributed by atoms with Gasteiger partial charge < -0.3 is 4.90 Å². The number of carbonyl (C=O) groups excluding carboxylic acids is 1. The number of rotatable bonds is 11. The summed E-state index contributed by atoms with van der Waals surface area (Å²) in [6.45, 7) is 5.95. The average molecular weight is 368 g/mol. The van der Waals surface area contributed by atoms with Gasteiger partial charge in [-0.15, -0.1) is 0 Å². The minimum atomic E-state index is 0.137. The number of hydrogen-bond donors (Lipinski definition) is 0. The summed E-state index contributed by atoms with van der Waals surface area (Å²) >= 11 is 3.47. The number of carbonyl (C=O) groups is 1. The van der Waals surface area contributed by atoms with Crippen LogP contribution in [-0.2, 0) is 0 Å². The van der Waals surface area contributed by atoms with E-state index >= 15 is 0 Å². The number of halogens is 1. The fourth-order valence-corrected chi connectivity index (χ4v) is 3.10. The summed E-state index contributed by atoms with van der Waals surface area (Å²) in [7, 11) is 0. The van der Waals surface area contributed by atoms with Gasteiger partial charge in [0, 0.05) is 17.6 Å². The number of nitrogens with zero attached hydrogens (tertiary/aromatic N) is 1. The molecule has 0 radical (unpaired) electrons. The van der Waals surface area contributed by atoms with Crippen molar-refractivity contribution in [3.05, 3.63) is 34.3 Å². The molecule has 0 spiro atoms. The van der Waals surface area contributed by atoms with Crippen LogP contribution in [0, 0.1) is 0 Å². The fraction of sp³-hybridized carbons (Fsp3) is 0.632. The van der Waals surface area contributed by atoms with Crippen molar-refractivity contribution in [2.45, 2.75) is 65.2 Å². The topological polar surface area (TPSA) is 20.3 Å². The Morgan fingerprint density at radius 3 is 2.14 bits per heavy atom. The van der Waals surface area contributed by atoms with Crippen LogP contribution in [0.15, 0.2) is 28.7 Å². The van der Waals surface area contributed by atoms with E-state index in [-0.39, 0.29) is 5.91 Å². The molecular weight excluding hydrogens is 338 g/mol. The van der Waals surface area contributed by atoms with Gasteiger partial charge in [-0.25, -0.2) is 0 Å². The molecule has 124 valence electrons. The molecule has 22 heavy (non-hydrogen) atoms. The van der Waals surface area contributed by atoms with E-state index in [0.717, 1.165) is 29.5 Å². The van der Waals surface area contributed by atoms with E-state index in [0.29, 0.717) is 0 Å². The first kappa shape index (κ1) is 19.2. The van der Waals surface area contributed by atoms with Crippen LogP contribution in [0.1, 0.15) is 75.6 Å². The molecule has 0 saturated carbocycles. The van der Waals surface area contributed by atoms with E-state index in [1.54, 1.807) is 0 Å². The maximum atomic E-state index is 12.5. The molecule has 0 aliphatic heterocycles. The zero-order valence-electron chi connectivity index (χ0n) is 14.1. The Kier molecular flexibility index (Phi) is 10.2. The lowest BCUT2D eigenvalue weighted by Crippen LogP contribution is -2.32. The molecule has 1 aromatic carbocycles. The van der Waals surface area contributed by atoms with Gasteiger partial charge in [-0.05, 0) is 41.4 Å². The monoisotopic (exact) mass is 367 g/mol. The minimum absolute atomic E-state index is 0.137. The third-order valence-electron chi connectivity index (χ3n) is 4.05. The maximum absolute atomic E-state index is 12.5. The normalized spacial score (nSPS) is 10.7. The highest BCUT2D eigenvalue weighted by Crippen LogP contribution is 2.18. The van der Waals surface area contributed by atoms with Gasteiger partial charge in [-0.1, -0.05) is 64.0 Å². The Labute approximate surface area is 144 Å². The predicted octanol–water partition coefficient (Wildman–Crippen LogP) is 6.05. The van der Waals surface area contributed by atoms with Crippen LogP contribution in [-0.4, -0.2) is 23.9 Å². The highest BCUT2D eigenvalue weighted by atomic mass is 79.9. The highest BCUT2D eigenvalue weighted by Gasteiger charge is 2.15. The van der Waals surface area contributed by atoms with Crippen LogP contribution in [0.4, 0.5) is 0 Å². The molecule has 0 heterocycles. The van der Waals surface area contributed by atoms with Crippen molar-refractivity contribution in [3.63, 3.8) is 0 Å². The minimum Gasteiger partial charge on any atom is -0.339 e. The molecule has 0 aliphatic rings. The molecule has 0 N–H and O–H groups in total. The van der Waals surface area contributed by atoms with Gasteiger partial charge in [0.25, 0.3) is 5.91 Å².